The highest BCUT2D eigenvalue weighted by Gasteiger charge is 2.06. The van der Waals surface area contributed by atoms with Crippen LogP contribution >= 0.6 is 0 Å². The second kappa shape index (κ2) is 10.1. The third-order valence-corrected chi connectivity index (χ3v) is 3.05. The summed E-state index contributed by atoms with van der Waals surface area (Å²) in [6.45, 7) is 4.65. The summed E-state index contributed by atoms with van der Waals surface area (Å²) < 4.78 is 0. The number of carbonyl (C=O) groups excluding carboxylic acids is 1. The van der Waals surface area contributed by atoms with Crippen LogP contribution in [0.4, 0.5) is 5.95 Å². The SMILES string of the molecule is CCCCCNc1ncc(C(=O)NCCCN(C)C)cn1. The van der Waals surface area contributed by atoms with Crippen LogP contribution in [0, 0.1) is 0 Å². The molecular weight excluding hydrogens is 266 g/mol. The van der Waals surface area contributed by atoms with Gasteiger partial charge in [0.1, 0.15) is 0 Å². The molecule has 0 saturated carbocycles. The Kier molecular flexibility index (Phi) is 8.35. The number of carbonyl (C=O) groups is 1. The van der Waals surface area contributed by atoms with Gasteiger partial charge in [0.25, 0.3) is 5.91 Å². The van der Waals surface area contributed by atoms with Crippen LogP contribution in [0.2, 0.25) is 0 Å². The summed E-state index contributed by atoms with van der Waals surface area (Å²) in [5, 5.41) is 6.02. The third-order valence-electron chi connectivity index (χ3n) is 3.05. The maximum absolute atomic E-state index is 11.9. The van der Waals surface area contributed by atoms with Crippen molar-refractivity contribution >= 4 is 11.9 Å². The number of hydrogen-bond acceptors (Lipinski definition) is 5. The van der Waals surface area contributed by atoms with Crippen molar-refractivity contribution in [2.75, 3.05) is 39.0 Å². The third kappa shape index (κ3) is 7.60. The number of nitrogens with zero attached hydrogens (tertiary/aromatic N) is 3. The van der Waals surface area contributed by atoms with Crippen molar-refractivity contribution in [1.29, 1.82) is 0 Å². The van der Waals surface area contributed by atoms with Crippen molar-refractivity contribution in [2.24, 2.45) is 0 Å². The molecule has 0 bridgehead atoms. The molecule has 0 aromatic carbocycles. The highest BCUT2D eigenvalue weighted by molar-refractivity contribution is 5.93. The van der Waals surface area contributed by atoms with Crippen LogP contribution in [0.25, 0.3) is 0 Å². The highest BCUT2D eigenvalue weighted by Crippen LogP contribution is 2.01. The zero-order chi connectivity index (χ0) is 15.5. The standard InChI is InChI=1S/C15H27N5O/c1-4-5-6-8-17-15-18-11-13(12-19-15)14(21)16-9-7-10-20(2)3/h11-12H,4-10H2,1-3H3,(H,16,21)(H,17,18,19). The molecule has 1 amide bonds. The van der Waals surface area contributed by atoms with Crippen LogP contribution in [-0.2, 0) is 0 Å². The van der Waals surface area contributed by atoms with E-state index in [1.807, 2.05) is 14.1 Å². The first kappa shape index (κ1) is 17.4. The molecule has 0 unspecified atom stereocenters. The van der Waals surface area contributed by atoms with E-state index < -0.39 is 0 Å². The molecule has 6 heteroatoms. The van der Waals surface area contributed by atoms with Crippen molar-refractivity contribution in [1.82, 2.24) is 20.2 Å². The van der Waals surface area contributed by atoms with E-state index in [4.69, 9.17) is 0 Å². The number of amides is 1. The Balaban J connectivity index is 2.30. The zero-order valence-electron chi connectivity index (χ0n) is 13.4. The van der Waals surface area contributed by atoms with Crippen molar-refractivity contribution in [3.63, 3.8) is 0 Å². The molecule has 1 rings (SSSR count). The molecule has 0 fully saturated rings. The Morgan fingerprint density at radius 3 is 2.48 bits per heavy atom. The maximum Gasteiger partial charge on any atom is 0.254 e. The van der Waals surface area contributed by atoms with E-state index in [0.29, 0.717) is 18.1 Å². The Labute approximate surface area is 127 Å². The van der Waals surface area contributed by atoms with Gasteiger partial charge in [-0.2, -0.15) is 0 Å². The lowest BCUT2D eigenvalue weighted by molar-refractivity contribution is 0.0951. The van der Waals surface area contributed by atoms with Gasteiger partial charge in [-0.05, 0) is 33.5 Å². The number of anilines is 1. The van der Waals surface area contributed by atoms with Gasteiger partial charge >= 0.3 is 0 Å². The quantitative estimate of drug-likeness (QED) is 0.643. The molecule has 0 aliphatic rings. The van der Waals surface area contributed by atoms with Crippen LogP contribution in [0.15, 0.2) is 12.4 Å². The minimum atomic E-state index is -0.119. The van der Waals surface area contributed by atoms with Gasteiger partial charge in [0.15, 0.2) is 0 Å². The molecule has 1 aromatic heterocycles. The predicted molar refractivity (Wildman–Crippen MR) is 85.6 cm³/mol. The minimum Gasteiger partial charge on any atom is -0.354 e. The first-order chi connectivity index (χ1) is 10.1. The molecule has 2 N–H and O–H groups in total. The summed E-state index contributed by atoms with van der Waals surface area (Å²) in [5.41, 5.74) is 0.499. The van der Waals surface area contributed by atoms with Gasteiger partial charge in [0.05, 0.1) is 5.56 Å². The Bertz CT molecular complexity index is 405. The molecule has 0 saturated heterocycles. The van der Waals surface area contributed by atoms with Crippen molar-refractivity contribution in [3.8, 4) is 0 Å². The van der Waals surface area contributed by atoms with E-state index in [1.165, 1.54) is 12.8 Å². The lowest BCUT2D eigenvalue weighted by Gasteiger charge is -2.10. The second-order valence-corrected chi connectivity index (χ2v) is 5.34. The Morgan fingerprint density at radius 1 is 1.14 bits per heavy atom. The second-order valence-electron chi connectivity index (χ2n) is 5.34. The molecule has 0 spiro atoms. The molecular formula is C15H27N5O. The Morgan fingerprint density at radius 2 is 1.86 bits per heavy atom. The summed E-state index contributed by atoms with van der Waals surface area (Å²) >= 11 is 0. The number of nitrogens with one attached hydrogen (secondary N) is 2. The summed E-state index contributed by atoms with van der Waals surface area (Å²) in [6, 6.07) is 0. The maximum atomic E-state index is 11.9. The van der Waals surface area contributed by atoms with Crippen LogP contribution in [0.1, 0.15) is 43.0 Å². The van der Waals surface area contributed by atoms with Crippen molar-refractivity contribution in [2.45, 2.75) is 32.6 Å². The molecule has 0 radical (unpaired) electrons. The van der Waals surface area contributed by atoms with Gasteiger partial charge in [-0.25, -0.2) is 9.97 Å². The van der Waals surface area contributed by atoms with Crippen LogP contribution in [0.5, 0.6) is 0 Å². The van der Waals surface area contributed by atoms with E-state index in [-0.39, 0.29) is 5.91 Å². The van der Waals surface area contributed by atoms with Gasteiger partial charge in [-0.3, -0.25) is 4.79 Å². The largest absolute Gasteiger partial charge is 0.354 e. The molecule has 0 aliphatic carbocycles. The van der Waals surface area contributed by atoms with Gasteiger partial charge < -0.3 is 15.5 Å². The van der Waals surface area contributed by atoms with E-state index in [1.54, 1.807) is 12.4 Å². The average molecular weight is 293 g/mol. The van der Waals surface area contributed by atoms with Crippen LogP contribution < -0.4 is 10.6 Å². The fraction of sp³-hybridized carbons (Fsp3) is 0.667. The van der Waals surface area contributed by atoms with Crippen molar-refractivity contribution < 1.29 is 4.79 Å². The molecule has 1 aromatic rings. The average Bonchev–Trinajstić information content (AvgIpc) is 2.48. The summed E-state index contributed by atoms with van der Waals surface area (Å²) in [7, 11) is 4.03. The molecule has 0 atom stereocenters. The smallest absolute Gasteiger partial charge is 0.254 e. The fourth-order valence-electron chi connectivity index (χ4n) is 1.81. The molecule has 6 nitrogen and oxygen atoms in total. The highest BCUT2D eigenvalue weighted by atomic mass is 16.1. The van der Waals surface area contributed by atoms with Gasteiger partial charge in [0, 0.05) is 25.5 Å². The zero-order valence-corrected chi connectivity index (χ0v) is 13.4. The van der Waals surface area contributed by atoms with Gasteiger partial charge in [-0.1, -0.05) is 19.8 Å². The molecule has 1 heterocycles. The topological polar surface area (TPSA) is 70.2 Å². The van der Waals surface area contributed by atoms with Crippen molar-refractivity contribution in [3.05, 3.63) is 18.0 Å². The summed E-state index contributed by atoms with van der Waals surface area (Å²) in [4.78, 5) is 22.3. The van der Waals surface area contributed by atoms with E-state index >= 15 is 0 Å². The molecule has 118 valence electrons. The molecule has 0 aliphatic heterocycles. The first-order valence-corrected chi connectivity index (χ1v) is 7.62. The van der Waals surface area contributed by atoms with E-state index in [2.05, 4.69) is 32.4 Å². The Hall–Kier alpha value is -1.69. The van der Waals surface area contributed by atoms with Gasteiger partial charge in [-0.15, -0.1) is 0 Å². The number of aromatic nitrogens is 2. The number of rotatable bonds is 10. The van der Waals surface area contributed by atoms with E-state index in [0.717, 1.165) is 25.9 Å². The molecule has 21 heavy (non-hydrogen) atoms. The first-order valence-electron chi connectivity index (χ1n) is 7.62. The van der Waals surface area contributed by atoms with E-state index in [9.17, 15) is 4.79 Å². The fourth-order valence-corrected chi connectivity index (χ4v) is 1.81. The summed E-state index contributed by atoms with van der Waals surface area (Å²) in [5.74, 6) is 0.460. The minimum absolute atomic E-state index is 0.119. The predicted octanol–water partition coefficient (Wildman–Crippen LogP) is 1.76. The number of unbranched alkanes of at least 4 members (excludes halogenated alkanes) is 2. The monoisotopic (exact) mass is 293 g/mol. The van der Waals surface area contributed by atoms with Crippen LogP contribution in [-0.4, -0.2) is 54.5 Å². The lowest BCUT2D eigenvalue weighted by atomic mass is 10.2. The van der Waals surface area contributed by atoms with Crippen LogP contribution in [0.3, 0.4) is 0 Å². The summed E-state index contributed by atoms with van der Waals surface area (Å²) in [6.07, 6.45) is 7.55. The number of hydrogen-bond donors (Lipinski definition) is 2. The lowest BCUT2D eigenvalue weighted by Crippen LogP contribution is -2.27. The van der Waals surface area contributed by atoms with Gasteiger partial charge in [0.2, 0.25) is 5.95 Å². The normalized spacial score (nSPS) is 10.7.